The van der Waals surface area contributed by atoms with Crippen molar-refractivity contribution in [1.82, 2.24) is 0 Å². The summed E-state index contributed by atoms with van der Waals surface area (Å²) in [5, 5.41) is -0.209. The van der Waals surface area contributed by atoms with Crippen LogP contribution >= 0.6 is 11.6 Å². The highest BCUT2D eigenvalue weighted by molar-refractivity contribution is 6.22. The Morgan fingerprint density at radius 3 is 2.33 bits per heavy atom. The van der Waals surface area contributed by atoms with Gasteiger partial charge in [-0.1, -0.05) is 45.0 Å². The summed E-state index contributed by atoms with van der Waals surface area (Å²) in [6.45, 7) is 6.72. The molecule has 1 atom stereocenters. The Bertz CT molecular complexity index is 482. The van der Waals surface area contributed by atoms with Crippen LogP contribution in [0.2, 0.25) is 0 Å². The smallest absolute Gasteiger partial charge is 0.126 e. The lowest BCUT2D eigenvalue weighted by atomic mass is 9.82. The summed E-state index contributed by atoms with van der Waals surface area (Å²) in [5.41, 5.74) is 2.63. The van der Waals surface area contributed by atoms with Crippen LogP contribution in [-0.4, -0.2) is 0 Å². The molecule has 1 aromatic carbocycles. The van der Waals surface area contributed by atoms with E-state index in [0.717, 1.165) is 17.7 Å². The highest BCUT2D eigenvalue weighted by Crippen LogP contribution is 2.32. The maximum Gasteiger partial charge on any atom is 0.126 e. The van der Waals surface area contributed by atoms with Gasteiger partial charge in [-0.15, -0.1) is 11.6 Å². The van der Waals surface area contributed by atoms with Crippen molar-refractivity contribution in [3.8, 4) is 0 Å². The Balaban J connectivity index is 2.23. The Kier molecular flexibility index (Phi) is 3.82. The Morgan fingerprint density at radius 2 is 1.83 bits per heavy atom. The van der Waals surface area contributed by atoms with Crippen LogP contribution in [0.1, 0.15) is 49.5 Å². The van der Waals surface area contributed by atoms with E-state index in [2.05, 4.69) is 45.0 Å². The first-order chi connectivity index (χ1) is 8.54. The highest BCUT2D eigenvalue weighted by Gasteiger charge is 2.19. The van der Waals surface area contributed by atoms with Gasteiger partial charge in [-0.05, 0) is 35.1 Å². The van der Waals surface area contributed by atoms with Crippen molar-refractivity contribution >= 4 is 11.6 Å². The van der Waals surface area contributed by atoms with Gasteiger partial charge in [-0.3, -0.25) is 0 Å². The van der Waals surface area contributed by atoms with Crippen LogP contribution in [0.3, 0.4) is 0 Å². The molecule has 2 rings (SSSR count). The van der Waals surface area contributed by atoms with Crippen molar-refractivity contribution in [1.29, 1.82) is 0 Å². The van der Waals surface area contributed by atoms with E-state index in [9.17, 15) is 0 Å². The zero-order valence-electron chi connectivity index (χ0n) is 11.1. The first-order valence-electron chi connectivity index (χ1n) is 6.32. The van der Waals surface area contributed by atoms with Crippen LogP contribution < -0.4 is 0 Å². The van der Waals surface area contributed by atoms with Crippen LogP contribution in [0.4, 0.5) is 0 Å². The molecule has 0 fully saturated rings. The van der Waals surface area contributed by atoms with E-state index in [1.807, 2.05) is 12.1 Å². The summed E-state index contributed by atoms with van der Waals surface area (Å²) >= 11 is 6.38. The lowest BCUT2D eigenvalue weighted by Gasteiger charge is -2.23. The lowest BCUT2D eigenvalue weighted by Crippen LogP contribution is -2.15. The van der Waals surface area contributed by atoms with E-state index < -0.39 is 0 Å². The average molecular weight is 263 g/mol. The number of hydrogen-bond acceptors (Lipinski definition) is 1. The molecular formula is C16H19ClO. The first-order valence-corrected chi connectivity index (χ1v) is 6.76. The molecule has 0 aliphatic heterocycles. The molecule has 0 N–H and O–H groups in total. The van der Waals surface area contributed by atoms with E-state index in [-0.39, 0.29) is 10.8 Å². The van der Waals surface area contributed by atoms with Crippen molar-refractivity contribution in [2.24, 2.45) is 0 Å². The fourth-order valence-electron chi connectivity index (χ4n) is 1.91. The second kappa shape index (κ2) is 5.19. The fraction of sp³-hybridized carbons (Fsp3) is 0.375. The molecule has 0 bridgehead atoms. The molecule has 0 amide bonds. The summed E-state index contributed by atoms with van der Waals surface area (Å²) in [6.07, 6.45) is 2.77. The normalized spacial score (nSPS) is 13.6. The summed E-state index contributed by atoms with van der Waals surface area (Å²) in [5.74, 6) is 0.791. The Hall–Kier alpha value is -1.21. The van der Waals surface area contributed by atoms with Gasteiger partial charge in [0.05, 0.1) is 6.26 Å². The van der Waals surface area contributed by atoms with Crippen LogP contribution in [0, 0.1) is 0 Å². The first kappa shape index (κ1) is 13.2. The third kappa shape index (κ3) is 2.62. The zero-order valence-corrected chi connectivity index (χ0v) is 11.9. The van der Waals surface area contributed by atoms with Crippen LogP contribution in [-0.2, 0) is 5.41 Å². The van der Waals surface area contributed by atoms with Gasteiger partial charge < -0.3 is 4.42 Å². The topological polar surface area (TPSA) is 13.1 Å². The van der Waals surface area contributed by atoms with Crippen LogP contribution in [0.5, 0.6) is 0 Å². The molecule has 0 radical (unpaired) electrons. The third-order valence-corrected chi connectivity index (χ3v) is 4.13. The van der Waals surface area contributed by atoms with Gasteiger partial charge in [0.25, 0.3) is 0 Å². The lowest BCUT2D eigenvalue weighted by molar-refractivity contribution is 0.505. The largest absolute Gasteiger partial charge is 0.467 e. The van der Waals surface area contributed by atoms with E-state index in [4.69, 9.17) is 16.0 Å². The summed E-state index contributed by atoms with van der Waals surface area (Å²) in [6, 6.07) is 12.3. The monoisotopic (exact) mass is 262 g/mol. The number of alkyl halides is 1. The molecule has 0 saturated heterocycles. The number of hydrogen-bond donors (Lipinski definition) is 0. The molecule has 18 heavy (non-hydrogen) atoms. The molecule has 0 spiro atoms. The molecule has 96 valence electrons. The second-order valence-corrected chi connectivity index (χ2v) is 5.67. The van der Waals surface area contributed by atoms with Gasteiger partial charge >= 0.3 is 0 Å². The minimum atomic E-state index is -0.209. The fourth-order valence-corrected chi connectivity index (χ4v) is 2.18. The summed E-state index contributed by atoms with van der Waals surface area (Å²) in [4.78, 5) is 0. The van der Waals surface area contributed by atoms with E-state index in [1.54, 1.807) is 6.26 Å². The maximum atomic E-state index is 6.38. The second-order valence-electron chi connectivity index (χ2n) is 5.24. The summed E-state index contributed by atoms with van der Waals surface area (Å²) in [7, 11) is 0. The van der Waals surface area contributed by atoms with E-state index in [1.165, 1.54) is 5.56 Å². The number of furan rings is 1. The molecule has 0 aliphatic carbocycles. The summed E-state index contributed by atoms with van der Waals surface area (Å²) < 4.78 is 5.34. The van der Waals surface area contributed by atoms with Gasteiger partial charge in [0.2, 0.25) is 0 Å². The molecule has 2 aromatic rings. The molecule has 0 saturated carbocycles. The third-order valence-electron chi connectivity index (χ3n) is 3.66. The van der Waals surface area contributed by atoms with E-state index in [0.29, 0.717) is 0 Å². The predicted octanol–water partition coefficient (Wildman–Crippen LogP) is 5.30. The molecule has 1 unspecified atom stereocenters. The number of halogens is 1. The van der Waals surface area contributed by atoms with Crippen molar-refractivity contribution in [3.05, 3.63) is 59.5 Å². The standard InChI is InChI=1S/C16H19ClO/c1-4-16(2,3)13-9-7-12(8-10-13)15(17)14-6-5-11-18-14/h5-11,15H,4H2,1-3H3. The predicted molar refractivity (Wildman–Crippen MR) is 76.2 cm³/mol. The molecular weight excluding hydrogens is 244 g/mol. The molecule has 1 aromatic heterocycles. The van der Waals surface area contributed by atoms with Crippen molar-refractivity contribution in [2.45, 2.75) is 38.0 Å². The quantitative estimate of drug-likeness (QED) is 0.682. The van der Waals surface area contributed by atoms with Crippen LogP contribution in [0.15, 0.2) is 47.1 Å². The van der Waals surface area contributed by atoms with Crippen molar-refractivity contribution < 1.29 is 4.42 Å². The van der Waals surface area contributed by atoms with E-state index >= 15 is 0 Å². The SMILES string of the molecule is CCC(C)(C)c1ccc(C(Cl)c2ccco2)cc1. The van der Waals surface area contributed by atoms with Gasteiger partial charge in [0.15, 0.2) is 0 Å². The molecule has 1 heterocycles. The van der Waals surface area contributed by atoms with Crippen LogP contribution in [0.25, 0.3) is 0 Å². The number of benzene rings is 1. The van der Waals surface area contributed by atoms with Gasteiger partial charge in [-0.25, -0.2) is 0 Å². The van der Waals surface area contributed by atoms with Crippen molar-refractivity contribution in [2.75, 3.05) is 0 Å². The molecule has 2 heteroatoms. The minimum Gasteiger partial charge on any atom is -0.467 e. The highest BCUT2D eigenvalue weighted by atomic mass is 35.5. The van der Waals surface area contributed by atoms with Gasteiger partial charge in [0, 0.05) is 0 Å². The average Bonchev–Trinajstić information content (AvgIpc) is 2.92. The number of rotatable bonds is 4. The van der Waals surface area contributed by atoms with Crippen molar-refractivity contribution in [3.63, 3.8) is 0 Å². The molecule has 0 aliphatic rings. The Labute approximate surface area is 114 Å². The zero-order chi connectivity index (χ0) is 13.2. The minimum absolute atomic E-state index is 0.209. The maximum absolute atomic E-state index is 6.38. The Morgan fingerprint density at radius 1 is 1.17 bits per heavy atom. The molecule has 1 nitrogen and oxygen atoms in total. The van der Waals surface area contributed by atoms with Gasteiger partial charge in [-0.2, -0.15) is 0 Å². The van der Waals surface area contributed by atoms with Gasteiger partial charge in [0.1, 0.15) is 11.1 Å².